The van der Waals surface area contributed by atoms with Gasteiger partial charge in [-0.2, -0.15) is 0 Å². The van der Waals surface area contributed by atoms with Crippen LogP contribution >= 0.6 is 12.2 Å². The lowest BCUT2D eigenvalue weighted by molar-refractivity contribution is -0.133. The highest BCUT2D eigenvalue weighted by molar-refractivity contribution is 7.80. The van der Waals surface area contributed by atoms with Gasteiger partial charge in [0.05, 0.1) is 0 Å². The molecule has 1 aromatic rings. The van der Waals surface area contributed by atoms with Crippen molar-refractivity contribution in [2.75, 3.05) is 6.54 Å². The molecule has 1 saturated heterocycles. The standard InChI is InChI=1S/C13H16N2OS/c14-13(17)11-5-3-4-10(8-11)9-15-7-2-1-6-12(15)16/h3-5,8H,1-2,6-7,9H2,(H2,14,17). The van der Waals surface area contributed by atoms with Gasteiger partial charge < -0.3 is 10.6 Å². The first-order chi connectivity index (χ1) is 8.16. The van der Waals surface area contributed by atoms with Gasteiger partial charge in [-0.15, -0.1) is 0 Å². The van der Waals surface area contributed by atoms with Crippen molar-refractivity contribution in [3.05, 3.63) is 35.4 Å². The number of nitrogens with two attached hydrogens (primary N) is 1. The van der Waals surface area contributed by atoms with Gasteiger partial charge in [0.25, 0.3) is 0 Å². The molecule has 2 rings (SSSR count). The van der Waals surface area contributed by atoms with Crippen LogP contribution in [0.25, 0.3) is 0 Å². The SMILES string of the molecule is NC(=S)c1cccc(CN2CCCCC2=O)c1. The number of hydrogen-bond acceptors (Lipinski definition) is 2. The van der Waals surface area contributed by atoms with E-state index in [1.165, 1.54) is 0 Å². The van der Waals surface area contributed by atoms with Crippen LogP contribution in [0.2, 0.25) is 0 Å². The lowest BCUT2D eigenvalue weighted by Gasteiger charge is -2.26. The van der Waals surface area contributed by atoms with Crippen molar-refractivity contribution in [3.63, 3.8) is 0 Å². The Kier molecular flexibility index (Phi) is 3.74. The molecule has 0 radical (unpaired) electrons. The summed E-state index contributed by atoms with van der Waals surface area (Å²) in [5.41, 5.74) is 7.55. The van der Waals surface area contributed by atoms with Crippen LogP contribution in [0.15, 0.2) is 24.3 Å². The van der Waals surface area contributed by atoms with Crippen molar-refractivity contribution in [2.45, 2.75) is 25.8 Å². The molecule has 4 heteroatoms. The third-order valence-electron chi connectivity index (χ3n) is 3.01. The Labute approximate surface area is 107 Å². The van der Waals surface area contributed by atoms with E-state index >= 15 is 0 Å². The summed E-state index contributed by atoms with van der Waals surface area (Å²) in [6.07, 6.45) is 2.79. The molecule has 1 aromatic carbocycles. The van der Waals surface area contributed by atoms with Crippen molar-refractivity contribution < 1.29 is 4.79 Å². The van der Waals surface area contributed by atoms with Crippen molar-refractivity contribution >= 4 is 23.1 Å². The molecule has 0 saturated carbocycles. The molecule has 0 aromatic heterocycles. The molecule has 3 nitrogen and oxygen atoms in total. The van der Waals surface area contributed by atoms with Gasteiger partial charge in [-0.05, 0) is 24.5 Å². The maximum atomic E-state index is 11.7. The molecular formula is C13H16N2OS. The fraction of sp³-hybridized carbons (Fsp3) is 0.385. The molecule has 0 bridgehead atoms. The van der Waals surface area contributed by atoms with Gasteiger partial charge in [0.1, 0.15) is 4.99 Å². The van der Waals surface area contributed by atoms with E-state index in [-0.39, 0.29) is 5.91 Å². The number of carbonyl (C=O) groups is 1. The minimum atomic E-state index is 0.247. The summed E-state index contributed by atoms with van der Waals surface area (Å²) < 4.78 is 0. The van der Waals surface area contributed by atoms with E-state index in [2.05, 4.69) is 0 Å². The van der Waals surface area contributed by atoms with Crippen molar-refractivity contribution in [3.8, 4) is 0 Å². The number of benzene rings is 1. The Bertz CT molecular complexity index is 445. The third kappa shape index (κ3) is 3.03. The molecule has 90 valence electrons. The van der Waals surface area contributed by atoms with Crippen molar-refractivity contribution in [2.24, 2.45) is 5.73 Å². The lowest BCUT2D eigenvalue weighted by Crippen LogP contribution is -2.34. The van der Waals surface area contributed by atoms with E-state index < -0.39 is 0 Å². The summed E-state index contributed by atoms with van der Waals surface area (Å²) in [6, 6.07) is 7.79. The highest BCUT2D eigenvalue weighted by Crippen LogP contribution is 2.15. The Balaban J connectivity index is 2.09. The smallest absolute Gasteiger partial charge is 0.222 e. The van der Waals surface area contributed by atoms with Crippen LogP contribution in [-0.4, -0.2) is 22.3 Å². The monoisotopic (exact) mass is 248 g/mol. The second kappa shape index (κ2) is 5.27. The number of rotatable bonds is 3. The highest BCUT2D eigenvalue weighted by atomic mass is 32.1. The Morgan fingerprint density at radius 1 is 1.41 bits per heavy atom. The first kappa shape index (κ1) is 12.0. The number of nitrogens with zero attached hydrogens (tertiary/aromatic N) is 1. The molecule has 0 atom stereocenters. The van der Waals surface area contributed by atoms with E-state index in [0.29, 0.717) is 18.0 Å². The second-order valence-corrected chi connectivity index (χ2v) is 4.78. The van der Waals surface area contributed by atoms with Crippen LogP contribution in [0, 0.1) is 0 Å². The lowest BCUT2D eigenvalue weighted by atomic mass is 10.1. The molecule has 17 heavy (non-hydrogen) atoms. The zero-order valence-corrected chi connectivity index (χ0v) is 10.5. The molecule has 1 aliphatic heterocycles. The molecule has 0 unspecified atom stereocenters. The van der Waals surface area contributed by atoms with E-state index in [9.17, 15) is 4.79 Å². The molecule has 1 aliphatic rings. The number of likely N-dealkylation sites (tertiary alicyclic amines) is 1. The van der Waals surface area contributed by atoms with Gasteiger partial charge in [-0.1, -0.05) is 30.4 Å². The summed E-state index contributed by atoms with van der Waals surface area (Å²) in [4.78, 5) is 14.0. The maximum absolute atomic E-state index is 11.7. The van der Waals surface area contributed by atoms with Gasteiger partial charge in [-0.25, -0.2) is 0 Å². The van der Waals surface area contributed by atoms with Crippen LogP contribution in [0.4, 0.5) is 0 Å². The molecule has 0 aliphatic carbocycles. The average Bonchev–Trinajstić information content (AvgIpc) is 2.32. The number of hydrogen-bond donors (Lipinski definition) is 1. The highest BCUT2D eigenvalue weighted by Gasteiger charge is 2.17. The van der Waals surface area contributed by atoms with Crippen LogP contribution in [-0.2, 0) is 11.3 Å². The summed E-state index contributed by atoms with van der Waals surface area (Å²) in [5.74, 6) is 0.247. The van der Waals surface area contributed by atoms with Crippen LogP contribution < -0.4 is 5.73 Å². The van der Waals surface area contributed by atoms with Gasteiger partial charge in [0.2, 0.25) is 5.91 Å². The quantitative estimate of drug-likeness (QED) is 0.830. The minimum Gasteiger partial charge on any atom is -0.389 e. The molecule has 1 amide bonds. The number of carbonyl (C=O) groups excluding carboxylic acids is 1. The van der Waals surface area contributed by atoms with Crippen LogP contribution in [0.5, 0.6) is 0 Å². The van der Waals surface area contributed by atoms with Gasteiger partial charge in [-0.3, -0.25) is 4.79 Å². The van der Waals surface area contributed by atoms with Crippen molar-refractivity contribution in [1.82, 2.24) is 4.90 Å². The topological polar surface area (TPSA) is 46.3 Å². The van der Waals surface area contributed by atoms with E-state index in [1.54, 1.807) is 0 Å². The van der Waals surface area contributed by atoms with Crippen LogP contribution in [0.3, 0.4) is 0 Å². The summed E-state index contributed by atoms with van der Waals surface area (Å²) in [5, 5.41) is 0. The first-order valence-electron chi connectivity index (χ1n) is 5.83. The second-order valence-electron chi connectivity index (χ2n) is 4.34. The molecule has 2 N–H and O–H groups in total. The van der Waals surface area contributed by atoms with Crippen LogP contribution in [0.1, 0.15) is 30.4 Å². The van der Waals surface area contributed by atoms with E-state index in [4.69, 9.17) is 18.0 Å². The average molecular weight is 248 g/mol. The Morgan fingerprint density at radius 2 is 2.24 bits per heavy atom. The normalized spacial score (nSPS) is 16.0. The number of amides is 1. The van der Waals surface area contributed by atoms with E-state index in [0.717, 1.165) is 30.5 Å². The minimum absolute atomic E-state index is 0.247. The predicted octanol–water partition coefficient (Wildman–Crippen LogP) is 1.83. The van der Waals surface area contributed by atoms with Gasteiger partial charge >= 0.3 is 0 Å². The summed E-state index contributed by atoms with van der Waals surface area (Å²) in [6.45, 7) is 1.52. The molecule has 0 spiro atoms. The summed E-state index contributed by atoms with van der Waals surface area (Å²) in [7, 11) is 0. The molecule has 1 heterocycles. The fourth-order valence-electron chi connectivity index (χ4n) is 2.07. The Morgan fingerprint density at radius 3 is 2.94 bits per heavy atom. The predicted molar refractivity (Wildman–Crippen MR) is 71.6 cm³/mol. The summed E-state index contributed by atoms with van der Waals surface area (Å²) >= 11 is 4.95. The largest absolute Gasteiger partial charge is 0.389 e. The van der Waals surface area contributed by atoms with Crippen molar-refractivity contribution in [1.29, 1.82) is 0 Å². The number of piperidine rings is 1. The molecular weight excluding hydrogens is 232 g/mol. The fourth-order valence-corrected chi connectivity index (χ4v) is 2.20. The maximum Gasteiger partial charge on any atom is 0.222 e. The Hall–Kier alpha value is -1.42. The van der Waals surface area contributed by atoms with E-state index in [1.807, 2.05) is 29.2 Å². The zero-order valence-electron chi connectivity index (χ0n) is 9.69. The first-order valence-corrected chi connectivity index (χ1v) is 6.24. The number of thiocarbonyl (C=S) groups is 1. The third-order valence-corrected chi connectivity index (χ3v) is 3.24. The zero-order chi connectivity index (χ0) is 12.3. The van der Waals surface area contributed by atoms with Gasteiger partial charge in [0, 0.05) is 25.1 Å². The van der Waals surface area contributed by atoms with Gasteiger partial charge in [0.15, 0.2) is 0 Å². The molecule has 1 fully saturated rings.